The predicted molar refractivity (Wildman–Crippen MR) is 47.0 cm³/mol. The van der Waals surface area contributed by atoms with Crippen LogP contribution in [0.3, 0.4) is 0 Å². The zero-order valence-corrected chi connectivity index (χ0v) is 6.60. The Morgan fingerprint density at radius 1 is 1.15 bits per heavy atom. The third kappa shape index (κ3) is 0.807. The van der Waals surface area contributed by atoms with E-state index in [9.17, 15) is 0 Å². The lowest BCUT2D eigenvalue weighted by atomic mass is 10.3. The number of aromatic amines is 1. The normalized spacial score (nSPS) is 11.1. The van der Waals surface area contributed by atoms with Crippen molar-refractivity contribution < 1.29 is 0 Å². The second-order valence-corrected chi connectivity index (χ2v) is 2.67. The van der Waals surface area contributed by atoms with Crippen molar-refractivity contribution in [1.82, 2.24) is 25.1 Å². The maximum Gasteiger partial charge on any atom is 0.167 e. The third-order valence-electron chi connectivity index (χ3n) is 1.90. The Hall–Kier alpha value is -2.04. The predicted octanol–water partition coefficient (Wildman–Crippen LogP) is 0.901. The fraction of sp³-hybridized carbons (Fsp3) is 0. The fourth-order valence-corrected chi connectivity index (χ4v) is 1.33. The van der Waals surface area contributed by atoms with Crippen LogP contribution < -0.4 is 0 Å². The number of hydrogen-bond donors (Lipinski definition) is 1. The van der Waals surface area contributed by atoms with Gasteiger partial charge in [0, 0.05) is 6.20 Å². The van der Waals surface area contributed by atoms with E-state index in [1.807, 2.05) is 12.1 Å². The van der Waals surface area contributed by atoms with Crippen molar-refractivity contribution in [3.8, 4) is 0 Å². The average Bonchev–Trinajstić information content (AvgIpc) is 2.44. The summed E-state index contributed by atoms with van der Waals surface area (Å²) in [5.41, 5.74) is 2.20. The van der Waals surface area contributed by atoms with Gasteiger partial charge in [-0.05, 0) is 12.1 Å². The highest BCUT2D eigenvalue weighted by Gasteiger charge is 2.05. The molecule has 0 saturated heterocycles. The van der Waals surface area contributed by atoms with Gasteiger partial charge in [0.15, 0.2) is 11.3 Å². The molecule has 13 heavy (non-hydrogen) atoms. The highest BCUT2D eigenvalue weighted by Crippen LogP contribution is 2.16. The minimum absolute atomic E-state index is 0.666. The summed E-state index contributed by atoms with van der Waals surface area (Å²) in [5.74, 6) is 0. The molecule has 0 bridgehead atoms. The smallest absolute Gasteiger partial charge is 0.167 e. The topological polar surface area (TPSA) is 67.3 Å². The molecule has 5 nitrogen and oxygen atoms in total. The molecular weight excluding hydrogens is 166 g/mol. The Morgan fingerprint density at radius 2 is 2.15 bits per heavy atom. The molecule has 0 aliphatic carbocycles. The van der Waals surface area contributed by atoms with Crippen LogP contribution in [0.25, 0.3) is 22.2 Å². The summed E-state index contributed by atoms with van der Waals surface area (Å²) < 4.78 is 0. The lowest BCUT2D eigenvalue weighted by Crippen LogP contribution is -1.81. The lowest BCUT2D eigenvalue weighted by Gasteiger charge is -1.87. The number of nitrogens with zero attached hydrogens (tertiary/aromatic N) is 4. The van der Waals surface area contributed by atoms with Crippen LogP contribution in [0.15, 0.2) is 24.7 Å². The van der Waals surface area contributed by atoms with Crippen molar-refractivity contribution in [1.29, 1.82) is 0 Å². The summed E-state index contributed by atoms with van der Waals surface area (Å²) in [4.78, 5) is 11.2. The van der Waals surface area contributed by atoms with E-state index in [1.165, 1.54) is 0 Å². The maximum atomic E-state index is 4.15. The van der Waals surface area contributed by atoms with Gasteiger partial charge in [0.05, 0.1) is 11.7 Å². The molecule has 0 saturated carbocycles. The lowest BCUT2D eigenvalue weighted by molar-refractivity contribution is 1.11. The zero-order valence-electron chi connectivity index (χ0n) is 6.60. The molecule has 0 atom stereocenters. The van der Waals surface area contributed by atoms with Gasteiger partial charge >= 0.3 is 0 Å². The van der Waals surface area contributed by atoms with Crippen LogP contribution in [-0.4, -0.2) is 25.1 Å². The number of nitrogens with one attached hydrogen (secondary N) is 1. The highest BCUT2D eigenvalue weighted by atomic mass is 15.2. The number of rotatable bonds is 0. The molecule has 3 rings (SSSR count). The van der Waals surface area contributed by atoms with Crippen molar-refractivity contribution in [2.24, 2.45) is 0 Å². The average molecular weight is 171 g/mol. The van der Waals surface area contributed by atoms with E-state index < -0.39 is 0 Å². The molecule has 5 heteroatoms. The van der Waals surface area contributed by atoms with Gasteiger partial charge in [-0.2, -0.15) is 0 Å². The maximum absolute atomic E-state index is 4.15. The summed E-state index contributed by atoms with van der Waals surface area (Å²) in [6.45, 7) is 0. The van der Waals surface area contributed by atoms with E-state index >= 15 is 0 Å². The first-order valence-electron chi connectivity index (χ1n) is 3.85. The van der Waals surface area contributed by atoms with Crippen LogP contribution >= 0.6 is 0 Å². The van der Waals surface area contributed by atoms with Crippen LogP contribution in [0, 0.1) is 0 Å². The molecule has 0 spiro atoms. The van der Waals surface area contributed by atoms with Crippen LogP contribution in [0.4, 0.5) is 0 Å². The second kappa shape index (κ2) is 2.22. The first kappa shape index (κ1) is 6.47. The van der Waals surface area contributed by atoms with E-state index in [0.717, 1.165) is 16.6 Å². The molecule has 62 valence electrons. The summed E-state index contributed by atoms with van der Waals surface area (Å²) >= 11 is 0. The van der Waals surface area contributed by atoms with Crippen LogP contribution in [0.1, 0.15) is 0 Å². The summed E-state index contributed by atoms with van der Waals surface area (Å²) in [6.07, 6.45) is 3.27. The van der Waals surface area contributed by atoms with E-state index in [2.05, 4.69) is 25.1 Å². The Balaban J connectivity index is 2.75. The molecule has 0 amide bonds. The SMILES string of the molecule is c1cnc2nc[nH]c3nnc(c1)c23. The van der Waals surface area contributed by atoms with Crippen LogP contribution in [0.5, 0.6) is 0 Å². The van der Waals surface area contributed by atoms with Crippen LogP contribution in [-0.2, 0) is 0 Å². The molecule has 0 fully saturated rings. The molecule has 3 aromatic rings. The minimum Gasteiger partial charge on any atom is -0.329 e. The number of H-pyrrole nitrogens is 1. The molecule has 0 aliphatic heterocycles. The van der Waals surface area contributed by atoms with Gasteiger partial charge in [-0.25, -0.2) is 9.97 Å². The highest BCUT2D eigenvalue weighted by molar-refractivity contribution is 6.01. The standard InChI is InChI=1S/C8H5N5/c1-2-5-6-7(9-3-1)10-4-11-8(6)13-12-5/h1-4H,(H,9,10,11,12,13). The van der Waals surface area contributed by atoms with Gasteiger partial charge in [0.25, 0.3) is 0 Å². The van der Waals surface area contributed by atoms with Gasteiger partial charge in [-0.3, -0.25) is 0 Å². The van der Waals surface area contributed by atoms with E-state index in [0.29, 0.717) is 5.65 Å². The Labute approximate surface area is 72.9 Å². The molecule has 0 aliphatic rings. The summed E-state index contributed by atoms with van der Waals surface area (Å²) in [7, 11) is 0. The molecule has 1 N–H and O–H groups in total. The van der Waals surface area contributed by atoms with Gasteiger partial charge < -0.3 is 4.98 Å². The first-order valence-corrected chi connectivity index (χ1v) is 3.85. The second-order valence-electron chi connectivity index (χ2n) is 2.67. The molecular formula is C8H5N5. The van der Waals surface area contributed by atoms with Crippen molar-refractivity contribution in [2.75, 3.05) is 0 Å². The number of aromatic nitrogens is 5. The molecule has 3 aromatic heterocycles. The van der Waals surface area contributed by atoms with Crippen molar-refractivity contribution in [3.05, 3.63) is 24.7 Å². The Bertz CT molecular complexity index is 571. The summed E-state index contributed by atoms with van der Waals surface area (Å²) in [6, 6.07) is 3.69. The van der Waals surface area contributed by atoms with E-state index in [1.54, 1.807) is 12.5 Å². The fourth-order valence-electron chi connectivity index (χ4n) is 1.33. The Morgan fingerprint density at radius 3 is 3.15 bits per heavy atom. The van der Waals surface area contributed by atoms with Gasteiger partial charge in [-0.15, -0.1) is 10.2 Å². The summed E-state index contributed by atoms with van der Waals surface area (Å²) in [5, 5.41) is 8.84. The van der Waals surface area contributed by atoms with Crippen molar-refractivity contribution in [2.45, 2.75) is 0 Å². The third-order valence-corrected chi connectivity index (χ3v) is 1.90. The molecule has 0 aromatic carbocycles. The van der Waals surface area contributed by atoms with Gasteiger partial charge in [0.1, 0.15) is 5.52 Å². The van der Waals surface area contributed by atoms with Crippen molar-refractivity contribution >= 4 is 22.2 Å². The molecule has 0 radical (unpaired) electrons. The van der Waals surface area contributed by atoms with Gasteiger partial charge in [0.2, 0.25) is 0 Å². The molecule has 0 unspecified atom stereocenters. The Kier molecular flexibility index (Phi) is 1.11. The van der Waals surface area contributed by atoms with Crippen molar-refractivity contribution in [3.63, 3.8) is 0 Å². The zero-order chi connectivity index (χ0) is 8.67. The van der Waals surface area contributed by atoms with Gasteiger partial charge in [-0.1, -0.05) is 0 Å². The first-order chi connectivity index (χ1) is 6.45. The van der Waals surface area contributed by atoms with E-state index in [4.69, 9.17) is 0 Å². The minimum atomic E-state index is 0.666. The quantitative estimate of drug-likeness (QED) is 0.545. The largest absolute Gasteiger partial charge is 0.329 e. The van der Waals surface area contributed by atoms with E-state index in [-0.39, 0.29) is 0 Å². The van der Waals surface area contributed by atoms with Crippen LogP contribution in [0.2, 0.25) is 0 Å². The molecule has 3 heterocycles. The monoisotopic (exact) mass is 171 g/mol. The number of hydrogen-bond acceptors (Lipinski definition) is 4.